The minimum Gasteiger partial charge on any atom is -0.478 e. The van der Waals surface area contributed by atoms with E-state index in [-0.39, 0.29) is 6.61 Å². The van der Waals surface area contributed by atoms with Crippen molar-refractivity contribution in [3.8, 4) is 11.8 Å². The van der Waals surface area contributed by atoms with Gasteiger partial charge in [-0.05, 0) is 24.3 Å². The standard InChI is InChI=1S/C15H12Cl2N2O/c16-12-5-6-13(17)14(9-12)19-10-11-3-1-2-4-15(11)20-8-7-18/h1-6,9,19H,8,10H2. The van der Waals surface area contributed by atoms with Crippen LogP contribution in [0.1, 0.15) is 5.56 Å². The Morgan fingerprint density at radius 3 is 2.75 bits per heavy atom. The van der Waals surface area contributed by atoms with Gasteiger partial charge in [-0.1, -0.05) is 41.4 Å². The number of nitrogens with zero attached hydrogens (tertiary/aromatic N) is 1. The zero-order valence-electron chi connectivity index (χ0n) is 10.6. The van der Waals surface area contributed by atoms with Crippen molar-refractivity contribution < 1.29 is 4.74 Å². The highest BCUT2D eigenvalue weighted by molar-refractivity contribution is 6.35. The zero-order chi connectivity index (χ0) is 14.4. The number of hydrogen-bond acceptors (Lipinski definition) is 3. The first-order chi connectivity index (χ1) is 9.70. The van der Waals surface area contributed by atoms with Crippen LogP contribution in [0.15, 0.2) is 42.5 Å². The molecule has 102 valence electrons. The lowest BCUT2D eigenvalue weighted by Gasteiger charge is -2.12. The van der Waals surface area contributed by atoms with Crippen molar-refractivity contribution in [1.82, 2.24) is 0 Å². The fraction of sp³-hybridized carbons (Fsp3) is 0.133. The first-order valence-corrected chi connectivity index (χ1v) is 6.73. The highest BCUT2D eigenvalue weighted by atomic mass is 35.5. The molecule has 0 amide bonds. The molecule has 20 heavy (non-hydrogen) atoms. The van der Waals surface area contributed by atoms with Gasteiger partial charge >= 0.3 is 0 Å². The van der Waals surface area contributed by atoms with Crippen LogP contribution in [0.5, 0.6) is 5.75 Å². The van der Waals surface area contributed by atoms with Crippen LogP contribution in [0, 0.1) is 11.3 Å². The van der Waals surface area contributed by atoms with Crippen molar-refractivity contribution in [3.05, 3.63) is 58.1 Å². The van der Waals surface area contributed by atoms with E-state index in [2.05, 4.69) is 5.32 Å². The first kappa shape index (κ1) is 14.5. The predicted molar refractivity (Wildman–Crippen MR) is 81.3 cm³/mol. The van der Waals surface area contributed by atoms with E-state index in [1.165, 1.54) is 0 Å². The number of ether oxygens (including phenoxy) is 1. The molecule has 0 atom stereocenters. The summed E-state index contributed by atoms with van der Waals surface area (Å²) in [4.78, 5) is 0. The van der Waals surface area contributed by atoms with Gasteiger partial charge in [-0.2, -0.15) is 5.26 Å². The molecule has 0 aliphatic rings. The molecular formula is C15H12Cl2N2O. The maximum absolute atomic E-state index is 8.57. The van der Waals surface area contributed by atoms with Crippen molar-refractivity contribution in [2.24, 2.45) is 0 Å². The summed E-state index contributed by atoms with van der Waals surface area (Å²) in [5, 5.41) is 13.0. The molecule has 0 saturated heterocycles. The number of para-hydroxylation sites is 1. The zero-order valence-corrected chi connectivity index (χ0v) is 12.1. The van der Waals surface area contributed by atoms with Gasteiger partial charge in [0.05, 0.1) is 10.7 Å². The SMILES string of the molecule is N#CCOc1ccccc1CNc1cc(Cl)ccc1Cl. The lowest BCUT2D eigenvalue weighted by atomic mass is 10.2. The van der Waals surface area contributed by atoms with Crippen LogP contribution in [0.2, 0.25) is 10.0 Å². The van der Waals surface area contributed by atoms with E-state index in [0.29, 0.717) is 22.3 Å². The van der Waals surface area contributed by atoms with Crippen LogP contribution in [0.4, 0.5) is 5.69 Å². The van der Waals surface area contributed by atoms with Gasteiger partial charge in [0, 0.05) is 17.1 Å². The molecule has 0 radical (unpaired) electrons. The van der Waals surface area contributed by atoms with Crippen molar-refractivity contribution in [1.29, 1.82) is 5.26 Å². The second-order valence-corrected chi connectivity index (χ2v) is 4.88. The molecule has 0 unspecified atom stereocenters. The maximum atomic E-state index is 8.57. The van der Waals surface area contributed by atoms with Gasteiger partial charge in [0.2, 0.25) is 0 Å². The van der Waals surface area contributed by atoms with Crippen LogP contribution in [0.25, 0.3) is 0 Å². The molecule has 1 N–H and O–H groups in total. The van der Waals surface area contributed by atoms with Crippen LogP contribution in [-0.4, -0.2) is 6.61 Å². The third-order valence-electron chi connectivity index (χ3n) is 2.66. The van der Waals surface area contributed by atoms with Gasteiger partial charge < -0.3 is 10.1 Å². The van der Waals surface area contributed by atoms with E-state index in [0.717, 1.165) is 11.3 Å². The Morgan fingerprint density at radius 2 is 1.95 bits per heavy atom. The Morgan fingerprint density at radius 1 is 1.15 bits per heavy atom. The quantitative estimate of drug-likeness (QED) is 0.884. The number of halogens is 2. The van der Waals surface area contributed by atoms with Gasteiger partial charge in [-0.15, -0.1) is 0 Å². The molecule has 0 heterocycles. The number of nitrogens with one attached hydrogen (secondary N) is 1. The third kappa shape index (κ3) is 3.80. The van der Waals surface area contributed by atoms with E-state index in [1.807, 2.05) is 30.3 Å². The Kier molecular flexibility index (Phi) is 5.11. The minimum absolute atomic E-state index is 0.0228. The van der Waals surface area contributed by atoms with Crippen LogP contribution < -0.4 is 10.1 Å². The second kappa shape index (κ2) is 7.04. The number of benzene rings is 2. The van der Waals surface area contributed by atoms with Gasteiger partial charge in [-0.25, -0.2) is 0 Å². The van der Waals surface area contributed by atoms with Gasteiger partial charge in [-0.3, -0.25) is 0 Å². The summed E-state index contributed by atoms with van der Waals surface area (Å²) in [6, 6.07) is 14.7. The Labute approximate surface area is 127 Å². The van der Waals surface area contributed by atoms with Crippen molar-refractivity contribution in [3.63, 3.8) is 0 Å². The highest BCUT2D eigenvalue weighted by Gasteiger charge is 2.05. The fourth-order valence-corrected chi connectivity index (χ4v) is 2.08. The number of nitriles is 1. The summed E-state index contributed by atoms with van der Waals surface area (Å²) in [5.74, 6) is 0.680. The highest BCUT2D eigenvalue weighted by Crippen LogP contribution is 2.27. The molecule has 0 spiro atoms. The summed E-state index contributed by atoms with van der Waals surface area (Å²) < 4.78 is 5.37. The maximum Gasteiger partial charge on any atom is 0.174 e. The van der Waals surface area contributed by atoms with E-state index in [9.17, 15) is 0 Å². The molecule has 2 aromatic rings. The molecule has 0 aliphatic heterocycles. The summed E-state index contributed by atoms with van der Waals surface area (Å²) >= 11 is 12.0. The molecule has 0 aliphatic carbocycles. The lowest BCUT2D eigenvalue weighted by molar-refractivity contribution is 0.364. The molecule has 0 aromatic heterocycles. The largest absolute Gasteiger partial charge is 0.478 e. The molecule has 0 saturated carbocycles. The van der Waals surface area contributed by atoms with Crippen molar-refractivity contribution in [2.75, 3.05) is 11.9 Å². The molecule has 3 nitrogen and oxygen atoms in total. The topological polar surface area (TPSA) is 45.0 Å². The summed E-state index contributed by atoms with van der Waals surface area (Å²) in [6.07, 6.45) is 0. The van der Waals surface area contributed by atoms with E-state index >= 15 is 0 Å². The summed E-state index contributed by atoms with van der Waals surface area (Å²) in [5.41, 5.74) is 1.70. The van der Waals surface area contributed by atoms with E-state index in [1.54, 1.807) is 18.2 Å². The van der Waals surface area contributed by atoms with Crippen LogP contribution in [-0.2, 0) is 6.54 Å². The lowest BCUT2D eigenvalue weighted by Crippen LogP contribution is -2.04. The summed E-state index contributed by atoms with van der Waals surface area (Å²) in [6.45, 7) is 0.552. The van der Waals surface area contributed by atoms with Gasteiger partial charge in [0.1, 0.15) is 11.8 Å². The molecular weight excluding hydrogens is 295 g/mol. The fourth-order valence-electron chi connectivity index (χ4n) is 1.72. The molecule has 0 fully saturated rings. The predicted octanol–water partition coefficient (Wildman–Crippen LogP) is 4.51. The number of anilines is 1. The normalized spacial score (nSPS) is 9.85. The van der Waals surface area contributed by atoms with Crippen molar-refractivity contribution in [2.45, 2.75) is 6.54 Å². The third-order valence-corrected chi connectivity index (χ3v) is 3.23. The van der Waals surface area contributed by atoms with Crippen LogP contribution >= 0.6 is 23.2 Å². The average Bonchev–Trinajstić information content (AvgIpc) is 2.47. The second-order valence-electron chi connectivity index (χ2n) is 4.03. The monoisotopic (exact) mass is 306 g/mol. The van der Waals surface area contributed by atoms with Gasteiger partial charge in [0.15, 0.2) is 6.61 Å². The van der Waals surface area contributed by atoms with E-state index in [4.69, 9.17) is 33.2 Å². The average molecular weight is 307 g/mol. The minimum atomic E-state index is 0.0228. The Hall–Kier alpha value is -1.89. The Balaban J connectivity index is 2.11. The van der Waals surface area contributed by atoms with Crippen molar-refractivity contribution >= 4 is 28.9 Å². The molecule has 2 rings (SSSR count). The van der Waals surface area contributed by atoms with Crippen LogP contribution in [0.3, 0.4) is 0 Å². The smallest absolute Gasteiger partial charge is 0.174 e. The molecule has 0 bridgehead atoms. The molecule has 2 aromatic carbocycles. The number of hydrogen-bond donors (Lipinski definition) is 1. The number of rotatable bonds is 5. The van der Waals surface area contributed by atoms with E-state index < -0.39 is 0 Å². The Bertz CT molecular complexity index is 638. The first-order valence-electron chi connectivity index (χ1n) is 5.97. The summed E-state index contributed by atoms with van der Waals surface area (Å²) in [7, 11) is 0. The molecule has 5 heteroatoms. The van der Waals surface area contributed by atoms with Gasteiger partial charge in [0.25, 0.3) is 0 Å².